The lowest BCUT2D eigenvalue weighted by atomic mass is 10.1. The van der Waals surface area contributed by atoms with Crippen molar-refractivity contribution in [3.8, 4) is 0 Å². The van der Waals surface area contributed by atoms with Gasteiger partial charge in [-0.25, -0.2) is 0 Å². The molecule has 1 atom stereocenters. The molecule has 16 heavy (non-hydrogen) atoms. The molecule has 0 heterocycles. The first-order chi connectivity index (χ1) is 7.72. The predicted octanol–water partition coefficient (Wildman–Crippen LogP) is 2.88. The second kappa shape index (κ2) is 11.4. The van der Waals surface area contributed by atoms with Crippen LogP contribution in [0.1, 0.15) is 40.5 Å². The average Bonchev–Trinajstić information content (AvgIpc) is 2.26. The van der Waals surface area contributed by atoms with Crippen molar-refractivity contribution in [2.24, 2.45) is 5.92 Å². The van der Waals surface area contributed by atoms with Crippen LogP contribution in [0.5, 0.6) is 0 Å². The highest BCUT2D eigenvalue weighted by Gasteiger charge is 2.10. The molecule has 0 saturated heterocycles. The van der Waals surface area contributed by atoms with Crippen LogP contribution < -0.4 is 0 Å². The minimum absolute atomic E-state index is 0.361. The van der Waals surface area contributed by atoms with Crippen molar-refractivity contribution in [1.82, 2.24) is 0 Å². The van der Waals surface area contributed by atoms with Crippen molar-refractivity contribution >= 4 is 0 Å². The summed E-state index contributed by atoms with van der Waals surface area (Å²) in [4.78, 5) is 0. The molecule has 3 heteroatoms. The Kier molecular flexibility index (Phi) is 11.3. The van der Waals surface area contributed by atoms with Gasteiger partial charge in [0.25, 0.3) is 0 Å². The summed E-state index contributed by atoms with van der Waals surface area (Å²) in [6, 6.07) is 0. The molecule has 0 rings (SSSR count). The summed E-state index contributed by atoms with van der Waals surface area (Å²) >= 11 is 0. The van der Waals surface area contributed by atoms with Crippen molar-refractivity contribution in [2.75, 3.05) is 33.0 Å². The highest BCUT2D eigenvalue weighted by Crippen LogP contribution is 2.09. The standard InChI is InChI=1S/C13H28O3/c1-5-7-14-8-9-15-10-11-16-13(6-2)12(3)4/h12-13H,5-11H2,1-4H3. The van der Waals surface area contributed by atoms with Crippen molar-refractivity contribution in [2.45, 2.75) is 46.6 Å². The molecule has 0 aliphatic rings. The smallest absolute Gasteiger partial charge is 0.0704 e. The summed E-state index contributed by atoms with van der Waals surface area (Å²) in [7, 11) is 0. The number of rotatable bonds is 11. The van der Waals surface area contributed by atoms with Crippen LogP contribution in [0.2, 0.25) is 0 Å². The fraction of sp³-hybridized carbons (Fsp3) is 1.00. The summed E-state index contributed by atoms with van der Waals surface area (Å²) < 4.78 is 16.4. The van der Waals surface area contributed by atoms with E-state index in [-0.39, 0.29) is 0 Å². The molecule has 0 spiro atoms. The Morgan fingerprint density at radius 3 is 1.88 bits per heavy atom. The largest absolute Gasteiger partial charge is 0.379 e. The molecule has 3 nitrogen and oxygen atoms in total. The summed E-state index contributed by atoms with van der Waals surface area (Å²) in [6.07, 6.45) is 2.49. The molecular weight excluding hydrogens is 204 g/mol. The first-order valence-corrected chi connectivity index (χ1v) is 6.49. The summed E-state index contributed by atoms with van der Waals surface area (Å²) in [5.41, 5.74) is 0. The van der Waals surface area contributed by atoms with Crippen LogP contribution >= 0.6 is 0 Å². The van der Waals surface area contributed by atoms with Gasteiger partial charge in [-0.2, -0.15) is 0 Å². The zero-order valence-corrected chi connectivity index (χ0v) is 11.3. The van der Waals surface area contributed by atoms with E-state index in [1.54, 1.807) is 0 Å². The first-order valence-electron chi connectivity index (χ1n) is 6.49. The van der Waals surface area contributed by atoms with Gasteiger partial charge in [-0.1, -0.05) is 27.7 Å². The van der Waals surface area contributed by atoms with E-state index in [2.05, 4.69) is 27.7 Å². The third-order valence-corrected chi connectivity index (χ3v) is 2.43. The lowest BCUT2D eigenvalue weighted by Crippen LogP contribution is -2.21. The Morgan fingerprint density at radius 1 is 0.812 bits per heavy atom. The maximum Gasteiger partial charge on any atom is 0.0704 e. The molecule has 0 aliphatic heterocycles. The third-order valence-electron chi connectivity index (χ3n) is 2.43. The van der Waals surface area contributed by atoms with E-state index >= 15 is 0 Å². The van der Waals surface area contributed by atoms with Crippen LogP contribution in [-0.2, 0) is 14.2 Å². The van der Waals surface area contributed by atoms with Crippen LogP contribution in [0.25, 0.3) is 0 Å². The first kappa shape index (κ1) is 15.9. The van der Waals surface area contributed by atoms with Gasteiger partial charge in [0.2, 0.25) is 0 Å². The van der Waals surface area contributed by atoms with Gasteiger partial charge in [-0.3, -0.25) is 0 Å². The molecule has 0 aromatic rings. The van der Waals surface area contributed by atoms with Crippen LogP contribution in [0.3, 0.4) is 0 Å². The van der Waals surface area contributed by atoms with E-state index in [4.69, 9.17) is 14.2 Å². The minimum atomic E-state index is 0.361. The van der Waals surface area contributed by atoms with Crippen molar-refractivity contribution < 1.29 is 14.2 Å². The van der Waals surface area contributed by atoms with E-state index < -0.39 is 0 Å². The van der Waals surface area contributed by atoms with Crippen LogP contribution in [0, 0.1) is 5.92 Å². The maximum absolute atomic E-state index is 5.71. The van der Waals surface area contributed by atoms with Crippen LogP contribution in [-0.4, -0.2) is 39.1 Å². The molecule has 0 amide bonds. The summed E-state index contributed by atoms with van der Waals surface area (Å²) in [6.45, 7) is 12.2. The fourth-order valence-electron chi connectivity index (χ4n) is 1.51. The highest BCUT2D eigenvalue weighted by atomic mass is 16.5. The van der Waals surface area contributed by atoms with E-state index in [1.165, 1.54) is 0 Å². The van der Waals surface area contributed by atoms with E-state index in [9.17, 15) is 0 Å². The Balaban J connectivity index is 3.19. The van der Waals surface area contributed by atoms with E-state index in [0.29, 0.717) is 38.4 Å². The Bertz CT molecular complexity index is 137. The third kappa shape index (κ3) is 9.13. The number of hydrogen-bond acceptors (Lipinski definition) is 3. The van der Waals surface area contributed by atoms with E-state index in [1.807, 2.05) is 0 Å². The van der Waals surface area contributed by atoms with E-state index in [0.717, 1.165) is 19.4 Å². The van der Waals surface area contributed by atoms with Gasteiger partial charge in [0.1, 0.15) is 0 Å². The number of ether oxygens (including phenoxy) is 3. The summed E-state index contributed by atoms with van der Waals surface area (Å²) in [5, 5.41) is 0. The Labute approximate surface area is 100 Å². The van der Waals surface area contributed by atoms with Gasteiger partial charge < -0.3 is 14.2 Å². The lowest BCUT2D eigenvalue weighted by molar-refractivity contribution is -0.0267. The molecule has 0 radical (unpaired) electrons. The second-order valence-corrected chi connectivity index (χ2v) is 4.29. The monoisotopic (exact) mass is 232 g/mol. The summed E-state index contributed by atoms with van der Waals surface area (Å²) in [5.74, 6) is 0.581. The second-order valence-electron chi connectivity index (χ2n) is 4.29. The molecular formula is C13H28O3. The molecule has 0 aromatic carbocycles. The van der Waals surface area contributed by atoms with Gasteiger partial charge in [-0.15, -0.1) is 0 Å². The van der Waals surface area contributed by atoms with Gasteiger partial charge in [0.05, 0.1) is 32.5 Å². The SMILES string of the molecule is CCCOCCOCCOC(CC)C(C)C. The molecule has 0 fully saturated rings. The van der Waals surface area contributed by atoms with Gasteiger partial charge in [0, 0.05) is 6.61 Å². The zero-order valence-electron chi connectivity index (χ0n) is 11.3. The Hall–Kier alpha value is -0.120. The van der Waals surface area contributed by atoms with Crippen molar-refractivity contribution in [3.05, 3.63) is 0 Å². The Morgan fingerprint density at radius 2 is 1.38 bits per heavy atom. The topological polar surface area (TPSA) is 27.7 Å². The average molecular weight is 232 g/mol. The normalized spacial score (nSPS) is 13.3. The molecule has 1 unspecified atom stereocenters. The van der Waals surface area contributed by atoms with Crippen molar-refractivity contribution in [3.63, 3.8) is 0 Å². The van der Waals surface area contributed by atoms with Gasteiger partial charge in [0.15, 0.2) is 0 Å². The predicted molar refractivity (Wildman–Crippen MR) is 66.8 cm³/mol. The molecule has 0 N–H and O–H groups in total. The molecule has 0 aromatic heterocycles. The van der Waals surface area contributed by atoms with Gasteiger partial charge in [-0.05, 0) is 18.8 Å². The lowest BCUT2D eigenvalue weighted by Gasteiger charge is -2.19. The zero-order chi connectivity index (χ0) is 12.2. The molecule has 98 valence electrons. The maximum atomic E-state index is 5.71. The fourth-order valence-corrected chi connectivity index (χ4v) is 1.51. The van der Waals surface area contributed by atoms with Gasteiger partial charge >= 0.3 is 0 Å². The molecule has 0 bridgehead atoms. The highest BCUT2D eigenvalue weighted by molar-refractivity contribution is 4.59. The number of hydrogen-bond donors (Lipinski definition) is 0. The van der Waals surface area contributed by atoms with Crippen LogP contribution in [0.15, 0.2) is 0 Å². The quantitative estimate of drug-likeness (QED) is 0.513. The van der Waals surface area contributed by atoms with Crippen LogP contribution in [0.4, 0.5) is 0 Å². The van der Waals surface area contributed by atoms with Crippen molar-refractivity contribution in [1.29, 1.82) is 0 Å². The molecule has 0 aliphatic carbocycles. The molecule has 0 saturated carbocycles. The minimum Gasteiger partial charge on any atom is -0.379 e.